The van der Waals surface area contributed by atoms with E-state index in [1.165, 1.54) is 44.2 Å². The Kier molecular flexibility index (Phi) is 5.62. The number of allylic oxidation sites excluding steroid dienone is 1. The molecule has 1 aromatic carbocycles. The number of amides is 2. The molecule has 1 aromatic heterocycles. The first kappa shape index (κ1) is 19.6. The number of rotatable bonds is 5. The minimum atomic E-state index is -0.420. The highest BCUT2D eigenvalue weighted by Crippen LogP contribution is 2.40. The van der Waals surface area contributed by atoms with Crippen molar-refractivity contribution >= 4 is 28.6 Å². The van der Waals surface area contributed by atoms with Crippen molar-refractivity contribution < 1.29 is 9.72 Å². The Hall–Kier alpha value is -2.74. The normalized spacial score (nSPS) is 20.3. The zero-order valence-corrected chi connectivity index (χ0v) is 17.1. The van der Waals surface area contributed by atoms with Gasteiger partial charge in [0.2, 0.25) is 0 Å². The van der Waals surface area contributed by atoms with Crippen LogP contribution in [0.25, 0.3) is 5.57 Å². The molecule has 152 valence electrons. The Morgan fingerprint density at radius 3 is 2.59 bits per heavy atom. The summed E-state index contributed by atoms with van der Waals surface area (Å²) in [7, 11) is 0. The summed E-state index contributed by atoms with van der Waals surface area (Å²) in [5, 5.41) is 19.9. The number of hydrogen-bond acceptors (Lipinski definition) is 5. The van der Waals surface area contributed by atoms with E-state index in [9.17, 15) is 14.9 Å². The summed E-state index contributed by atoms with van der Waals surface area (Å²) < 4.78 is 0. The fourth-order valence-electron chi connectivity index (χ4n) is 4.18. The van der Waals surface area contributed by atoms with Crippen LogP contribution in [0.3, 0.4) is 0 Å². The highest BCUT2D eigenvalue weighted by molar-refractivity contribution is 7.10. The van der Waals surface area contributed by atoms with E-state index in [4.69, 9.17) is 4.98 Å². The van der Waals surface area contributed by atoms with E-state index >= 15 is 0 Å². The molecule has 1 aliphatic heterocycles. The lowest BCUT2D eigenvalue weighted by molar-refractivity contribution is -0.384. The van der Waals surface area contributed by atoms with E-state index in [0.29, 0.717) is 12.3 Å². The average molecular weight is 413 g/mol. The van der Waals surface area contributed by atoms with Gasteiger partial charge >= 0.3 is 6.03 Å². The molecule has 0 bridgehead atoms. The van der Waals surface area contributed by atoms with Crippen LogP contribution in [0.4, 0.5) is 10.5 Å². The molecule has 0 spiro atoms. The van der Waals surface area contributed by atoms with Gasteiger partial charge in [0.05, 0.1) is 16.7 Å². The van der Waals surface area contributed by atoms with Crippen molar-refractivity contribution in [2.24, 2.45) is 0 Å². The highest BCUT2D eigenvalue weighted by atomic mass is 32.1. The first-order valence-electron chi connectivity index (χ1n) is 10.1. The molecule has 0 radical (unpaired) electrons. The Morgan fingerprint density at radius 1 is 1.21 bits per heavy atom. The number of thiazole rings is 1. The van der Waals surface area contributed by atoms with Gasteiger partial charge in [-0.05, 0) is 37.0 Å². The second kappa shape index (κ2) is 8.32. The molecule has 1 atom stereocenters. The van der Waals surface area contributed by atoms with E-state index in [1.807, 2.05) is 6.92 Å². The number of urea groups is 1. The monoisotopic (exact) mass is 412 g/mol. The van der Waals surface area contributed by atoms with Gasteiger partial charge in [-0.3, -0.25) is 10.1 Å². The van der Waals surface area contributed by atoms with Crippen molar-refractivity contribution in [3.8, 4) is 0 Å². The Balaban J connectivity index is 1.71. The first-order chi connectivity index (χ1) is 14.1. The molecule has 0 saturated heterocycles. The number of non-ortho nitro benzene ring substituents is 1. The zero-order chi connectivity index (χ0) is 20.4. The van der Waals surface area contributed by atoms with Gasteiger partial charge < -0.3 is 10.6 Å². The van der Waals surface area contributed by atoms with E-state index in [2.05, 4.69) is 16.0 Å². The first-order valence-corrected chi connectivity index (χ1v) is 11.0. The van der Waals surface area contributed by atoms with Crippen molar-refractivity contribution in [2.75, 3.05) is 0 Å². The summed E-state index contributed by atoms with van der Waals surface area (Å²) in [6.45, 7) is 2.00. The molecule has 8 heteroatoms. The summed E-state index contributed by atoms with van der Waals surface area (Å²) >= 11 is 1.61. The number of carbonyl (C=O) groups excluding carboxylic acids is 1. The molecule has 2 amide bonds. The molecule has 4 rings (SSSR count). The maximum atomic E-state index is 12.2. The van der Waals surface area contributed by atoms with Gasteiger partial charge in [0.15, 0.2) is 0 Å². The van der Waals surface area contributed by atoms with Crippen LogP contribution >= 0.6 is 11.3 Å². The van der Waals surface area contributed by atoms with Crippen LogP contribution in [0.15, 0.2) is 35.3 Å². The number of aromatic nitrogens is 1. The SMILES string of the molecule is CCC1=C(c2nc(C3CCCCC3)cs2)C(c2ccc([N+](=O)[O-])cc2)NC(=O)N1. The van der Waals surface area contributed by atoms with Crippen molar-refractivity contribution in [3.05, 3.63) is 61.7 Å². The smallest absolute Gasteiger partial charge is 0.319 e. The van der Waals surface area contributed by atoms with Crippen LogP contribution in [-0.4, -0.2) is 15.9 Å². The quantitative estimate of drug-likeness (QED) is 0.516. The number of nitro groups is 1. The second-order valence-electron chi connectivity index (χ2n) is 7.54. The number of hydrogen-bond donors (Lipinski definition) is 2. The fourth-order valence-corrected chi connectivity index (χ4v) is 5.19. The lowest BCUT2D eigenvalue weighted by Gasteiger charge is -2.29. The summed E-state index contributed by atoms with van der Waals surface area (Å²) in [5.74, 6) is 0.517. The molecule has 7 nitrogen and oxygen atoms in total. The van der Waals surface area contributed by atoms with E-state index < -0.39 is 4.92 Å². The Morgan fingerprint density at radius 2 is 1.93 bits per heavy atom. The van der Waals surface area contributed by atoms with E-state index in [1.54, 1.807) is 23.5 Å². The maximum Gasteiger partial charge on any atom is 0.319 e. The summed E-state index contributed by atoms with van der Waals surface area (Å²) in [6.07, 6.45) is 6.85. The molecule has 2 N–H and O–H groups in total. The predicted octanol–water partition coefficient (Wildman–Crippen LogP) is 5.27. The van der Waals surface area contributed by atoms with Crippen molar-refractivity contribution in [2.45, 2.75) is 57.4 Å². The van der Waals surface area contributed by atoms with Gasteiger partial charge in [0, 0.05) is 34.7 Å². The number of nitro benzene ring substituents is 1. The van der Waals surface area contributed by atoms with Crippen molar-refractivity contribution in [1.29, 1.82) is 0 Å². The molecule has 29 heavy (non-hydrogen) atoms. The molecular weight excluding hydrogens is 388 g/mol. The van der Waals surface area contributed by atoms with Crippen LogP contribution in [0.1, 0.15) is 73.7 Å². The lowest BCUT2D eigenvalue weighted by atomic mass is 9.87. The molecule has 1 unspecified atom stereocenters. The Labute approximate surface area is 173 Å². The van der Waals surface area contributed by atoms with Crippen LogP contribution < -0.4 is 10.6 Å². The van der Waals surface area contributed by atoms with Crippen LogP contribution in [-0.2, 0) is 0 Å². The summed E-state index contributed by atoms with van der Waals surface area (Å²) in [5.41, 5.74) is 3.78. The topological polar surface area (TPSA) is 97.2 Å². The number of benzene rings is 1. The predicted molar refractivity (Wildman–Crippen MR) is 113 cm³/mol. The van der Waals surface area contributed by atoms with Gasteiger partial charge in [-0.2, -0.15) is 0 Å². The molecular formula is C21H24N4O3S. The fraction of sp³-hybridized carbons (Fsp3) is 0.429. The van der Waals surface area contributed by atoms with Crippen molar-refractivity contribution in [1.82, 2.24) is 15.6 Å². The summed E-state index contributed by atoms with van der Waals surface area (Å²) in [6, 6.07) is 5.71. The number of nitrogens with one attached hydrogen (secondary N) is 2. The van der Waals surface area contributed by atoms with Crippen molar-refractivity contribution in [3.63, 3.8) is 0 Å². The molecule has 2 aliphatic rings. The third-order valence-corrected chi connectivity index (χ3v) is 6.61. The van der Waals surface area contributed by atoms with Gasteiger partial charge in [-0.1, -0.05) is 26.2 Å². The van der Waals surface area contributed by atoms with E-state index in [-0.39, 0.29) is 17.8 Å². The van der Waals surface area contributed by atoms with Gasteiger partial charge in [0.25, 0.3) is 5.69 Å². The van der Waals surface area contributed by atoms with Crippen LogP contribution in [0.2, 0.25) is 0 Å². The van der Waals surface area contributed by atoms with Crippen LogP contribution in [0, 0.1) is 10.1 Å². The molecule has 1 fully saturated rings. The van der Waals surface area contributed by atoms with Gasteiger partial charge in [0.1, 0.15) is 5.01 Å². The third-order valence-electron chi connectivity index (χ3n) is 5.72. The highest BCUT2D eigenvalue weighted by Gasteiger charge is 2.31. The Bertz CT molecular complexity index is 945. The zero-order valence-electron chi connectivity index (χ0n) is 16.3. The van der Waals surface area contributed by atoms with Crippen LogP contribution in [0.5, 0.6) is 0 Å². The largest absolute Gasteiger partial charge is 0.327 e. The minimum Gasteiger partial charge on any atom is -0.327 e. The van der Waals surface area contributed by atoms with Gasteiger partial charge in [-0.15, -0.1) is 11.3 Å². The number of carbonyl (C=O) groups is 1. The maximum absolute atomic E-state index is 12.2. The molecule has 1 aliphatic carbocycles. The third kappa shape index (κ3) is 4.03. The number of nitrogens with zero attached hydrogens (tertiary/aromatic N) is 2. The van der Waals surface area contributed by atoms with E-state index in [0.717, 1.165) is 27.5 Å². The minimum absolute atomic E-state index is 0.0316. The lowest BCUT2D eigenvalue weighted by Crippen LogP contribution is -2.43. The molecule has 2 aromatic rings. The average Bonchev–Trinajstić information content (AvgIpc) is 3.23. The summed E-state index contributed by atoms with van der Waals surface area (Å²) in [4.78, 5) is 27.8. The molecule has 1 saturated carbocycles. The van der Waals surface area contributed by atoms with Gasteiger partial charge in [-0.25, -0.2) is 9.78 Å². The standard InChI is InChI=1S/C21H24N4O3S/c1-2-16-18(20-22-17(12-29-20)13-6-4-3-5-7-13)19(24-21(26)23-16)14-8-10-15(11-9-14)25(27)28/h8-13,19H,2-7H2,1H3,(H2,23,24,26). The second-order valence-corrected chi connectivity index (χ2v) is 8.40. The molecule has 2 heterocycles.